The third-order valence-corrected chi connectivity index (χ3v) is 2.86. The highest BCUT2D eigenvalue weighted by Gasteiger charge is 2.26. The Kier molecular flexibility index (Phi) is 5.54. The summed E-state index contributed by atoms with van der Waals surface area (Å²) in [6.07, 6.45) is 1.44. The number of nitrogens with zero attached hydrogens (tertiary/aromatic N) is 3. The third-order valence-electron chi connectivity index (χ3n) is 2.86. The molecule has 0 aliphatic rings. The highest BCUT2D eigenvalue weighted by atomic mass is 16.5. The van der Waals surface area contributed by atoms with Gasteiger partial charge in [0.15, 0.2) is 0 Å². The molecule has 1 aromatic heterocycles. The summed E-state index contributed by atoms with van der Waals surface area (Å²) in [5.74, 6) is -0.749. The van der Waals surface area contributed by atoms with Crippen LogP contribution in [-0.4, -0.2) is 45.8 Å². The van der Waals surface area contributed by atoms with Crippen molar-refractivity contribution in [3.63, 3.8) is 0 Å². The van der Waals surface area contributed by atoms with E-state index in [1.54, 1.807) is 6.92 Å². The minimum Gasteiger partial charge on any atom is -0.465 e. The third kappa shape index (κ3) is 3.49. The molecule has 0 atom stereocenters. The van der Waals surface area contributed by atoms with Crippen molar-refractivity contribution in [1.82, 2.24) is 14.7 Å². The summed E-state index contributed by atoms with van der Waals surface area (Å²) in [5, 5.41) is 4.04. The summed E-state index contributed by atoms with van der Waals surface area (Å²) < 4.78 is 6.42. The van der Waals surface area contributed by atoms with Crippen LogP contribution >= 0.6 is 0 Å². The second-order valence-corrected chi connectivity index (χ2v) is 4.60. The molecule has 112 valence electrons. The highest BCUT2D eigenvalue weighted by Crippen LogP contribution is 2.15. The molecule has 0 saturated carbocycles. The second-order valence-electron chi connectivity index (χ2n) is 4.60. The summed E-state index contributed by atoms with van der Waals surface area (Å²) >= 11 is 0. The molecule has 1 rings (SSSR count). The van der Waals surface area contributed by atoms with Gasteiger partial charge in [-0.25, -0.2) is 0 Å². The number of hydrogen-bond acceptors (Lipinski definition) is 5. The van der Waals surface area contributed by atoms with E-state index in [0.29, 0.717) is 17.9 Å². The number of aromatic nitrogens is 2. The normalized spacial score (nSPS) is 10.7. The van der Waals surface area contributed by atoms with E-state index in [2.05, 4.69) is 5.10 Å². The summed E-state index contributed by atoms with van der Waals surface area (Å²) in [6, 6.07) is -0.147. The van der Waals surface area contributed by atoms with Crippen molar-refractivity contribution in [2.75, 3.05) is 18.9 Å². The van der Waals surface area contributed by atoms with E-state index in [1.807, 2.05) is 20.8 Å². The Morgan fingerprint density at radius 1 is 1.45 bits per heavy atom. The highest BCUT2D eigenvalue weighted by molar-refractivity contribution is 5.98. The summed E-state index contributed by atoms with van der Waals surface area (Å²) in [7, 11) is 0. The topological polar surface area (TPSA) is 90.4 Å². The van der Waals surface area contributed by atoms with Crippen LogP contribution < -0.4 is 5.73 Å². The summed E-state index contributed by atoms with van der Waals surface area (Å²) in [5.41, 5.74) is 6.42. The van der Waals surface area contributed by atoms with E-state index in [9.17, 15) is 9.59 Å². The Hall–Kier alpha value is -2.05. The van der Waals surface area contributed by atoms with E-state index >= 15 is 0 Å². The lowest BCUT2D eigenvalue weighted by Crippen LogP contribution is -2.42. The molecular formula is C13H22N4O3. The van der Waals surface area contributed by atoms with Crippen LogP contribution in [0.3, 0.4) is 0 Å². The van der Waals surface area contributed by atoms with Gasteiger partial charge in [0.05, 0.1) is 18.5 Å². The second kappa shape index (κ2) is 6.93. The molecule has 20 heavy (non-hydrogen) atoms. The summed E-state index contributed by atoms with van der Waals surface area (Å²) in [4.78, 5) is 25.6. The Labute approximate surface area is 118 Å². The van der Waals surface area contributed by atoms with Crippen LogP contribution in [0.4, 0.5) is 5.69 Å². The minimum atomic E-state index is -0.435. The Bertz CT molecular complexity index is 482. The quantitative estimate of drug-likeness (QED) is 0.783. The van der Waals surface area contributed by atoms with Gasteiger partial charge in [-0.1, -0.05) is 0 Å². The average Bonchev–Trinajstić information content (AvgIpc) is 2.76. The van der Waals surface area contributed by atoms with Crippen LogP contribution in [0, 0.1) is 0 Å². The largest absolute Gasteiger partial charge is 0.465 e. The molecule has 0 aliphatic heterocycles. The summed E-state index contributed by atoms with van der Waals surface area (Å²) in [6.45, 7) is 7.98. The van der Waals surface area contributed by atoms with Gasteiger partial charge in [0.2, 0.25) is 0 Å². The molecule has 0 bridgehead atoms. The lowest BCUT2D eigenvalue weighted by atomic mass is 10.2. The Morgan fingerprint density at radius 3 is 2.60 bits per heavy atom. The molecule has 0 fully saturated rings. The molecule has 0 radical (unpaired) electrons. The van der Waals surface area contributed by atoms with E-state index in [-0.39, 0.29) is 25.1 Å². The van der Waals surface area contributed by atoms with Gasteiger partial charge in [-0.2, -0.15) is 5.10 Å². The Balaban J connectivity index is 2.99. The van der Waals surface area contributed by atoms with Crippen LogP contribution in [0.1, 0.15) is 38.2 Å². The molecule has 0 aliphatic carbocycles. The van der Waals surface area contributed by atoms with Gasteiger partial charge in [0.1, 0.15) is 12.2 Å². The molecule has 2 N–H and O–H groups in total. The van der Waals surface area contributed by atoms with Crippen LogP contribution in [0.25, 0.3) is 0 Å². The molecule has 0 spiro atoms. The molecule has 7 heteroatoms. The van der Waals surface area contributed by atoms with Crippen LogP contribution in [0.2, 0.25) is 0 Å². The zero-order valence-corrected chi connectivity index (χ0v) is 12.4. The first-order valence-corrected chi connectivity index (χ1v) is 6.70. The van der Waals surface area contributed by atoms with Crippen molar-refractivity contribution in [3.8, 4) is 0 Å². The SMILES string of the molecule is CCOC(=O)CN(C(=O)c1c(N)cnn1CC)C(C)C. The number of amides is 1. The maximum atomic E-state index is 12.6. The molecule has 0 saturated heterocycles. The lowest BCUT2D eigenvalue weighted by Gasteiger charge is -2.26. The molecule has 7 nitrogen and oxygen atoms in total. The number of carbonyl (C=O) groups is 2. The first-order chi connectivity index (χ1) is 9.42. The van der Waals surface area contributed by atoms with Crippen molar-refractivity contribution in [2.45, 2.75) is 40.3 Å². The van der Waals surface area contributed by atoms with Gasteiger partial charge in [-0.3, -0.25) is 14.3 Å². The fourth-order valence-electron chi connectivity index (χ4n) is 1.84. The van der Waals surface area contributed by atoms with Crippen molar-refractivity contribution < 1.29 is 14.3 Å². The van der Waals surface area contributed by atoms with E-state index < -0.39 is 5.97 Å². The van der Waals surface area contributed by atoms with E-state index in [0.717, 1.165) is 0 Å². The molecule has 1 aromatic rings. The Morgan fingerprint density at radius 2 is 2.10 bits per heavy atom. The number of ether oxygens (including phenoxy) is 1. The number of rotatable bonds is 6. The molecule has 1 heterocycles. The van der Waals surface area contributed by atoms with Crippen LogP contribution in [0.5, 0.6) is 0 Å². The zero-order chi connectivity index (χ0) is 15.3. The fraction of sp³-hybridized carbons (Fsp3) is 0.615. The molecular weight excluding hydrogens is 260 g/mol. The minimum absolute atomic E-state index is 0.0985. The zero-order valence-electron chi connectivity index (χ0n) is 12.4. The molecule has 0 aromatic carbocycles. The van der Waals surface area contributed by atoms with Gasteiger partial charge < -0.3 is 15.4 Å². The van der Waals surface area contributed by atoms with E-state index in [4.69, 9.17) is 10.5 Å². The molecule has 0 unspecified atom stereocenters. The number of aryl methyl sites for hydroxylation is 1. The van der Waals surface area contributed by atoms with Crippen molar-refractivity contribution >= 4 is 17.6 Å². The fourth-order valence-corrected chi connectivity index (χ4v) is 1.84. The maximum Gasteiger partial charge on any atom is 0.325 e. The smallest absolute Gasteiger partial charge is 0.325 e. The van der Waals surface area contributed by atoms with Gasteiger partial charge in [0.25, 0.3) is 5.91 Å². The van der Waals surface area contributed by atoms with Gasteiger partial charge in [-0.05, 0) is 27.7 Å². The van der Waals surface area contributed by atoms with E-state index in [1.165, 1.54) is 15.8 Å². The van der Waals surface area contributed by atoms with Gasteiger partial charge in [-0.15, -0.1) is 0 Å². The van der Waals surface area contributed by atoms with Gasteiger partial charge in [0, 0.05) is 12.6 Å². The van der Waals surface area contributed by atoms with Crippen LogP contribution in [-0.2, 0) is 16.1 Å². The predicted octanol–water partition coefficient (Wildman–Crippen LogP) is 0.899. The predicted molar refractivity (Wildman–Crippen MR) is 75.1 cm³/mol. The number of hydrogen-bond donors (Lipinski definition) is 1. The van der Waals surface area contributed by atoms with Crippen molar-refractivity contribution in [3.05, 3.63) is 11.9 Å². The number of nitrogen functional groups attached to an aromatic ring is 1. The average molecular weight is 282 g/mol. The number of esters is 1. The number of anilines is 1. The van der Waals surface area contributed by atoms with Crippen LogP contribution in [0.15, 0.2) is 6.20 Å². The first-order valence-electron chi connectivity index (χ1n) is 6.70. The van der Waals surface area contributed by atoms with Gasteiger partial charge >= 0.3 is 5.97 Å². The number of nitrogens with two attached hydrogens (primary N) is 1. The number of carbonyl (C=O) groups excluding carboxylic acids is 2. The van der Waals surface area contributed by atoms with Crippen molar-refractivity contribution in [1.29, 1.82) is 0 Å². The first kappa shape index (κ1) is 16.0. The monoisotopic (exact) mass is 282 g/mol. The maximum absolute atomic E-state index is 12.6. The van der Waals surface area contributed by atoms with Crippen molar-refractivity contribution in [2.24, 2.45) is 0 Å². The standard InChI is InChI=1S/C13H22N4O3/c1-5-17-12(10(14)7-15-17)13(19)16(9(3)4)8-11(18)20-6-2/h7,9H,5-6,8,14H2,1-4H3. The molecule has 1 amide bonds. The lowest BCUT2D eigenvalue weighted by molar-refractivity contribution is -0.144.